The van der Waals surface area contributed by atoms with Gasteiger partial charge in [0.05, 0.1) is 28.6 Å². The van der Waals surface area contributed by atoms with Crippen molar-refractivity contribution in [2.45, 2.75) is 24.2 Å². The number of hydrogen-bond donors (Lipinski definition) is 0. The summed E-state index contributed by atoms with van der Waals surface area (Å²) in [5.41, 5.74) is 1.74. The molecule has 0 unspecified atom stereocenters. The van der Waals surface area contributed by atoms with Crippen LogP contribution in [0.15, 0.2) is 64.2 Å². The van der Waals surface area contributed by atoms with Crippen LogP contribution < -0.4 is 4.90 Å². The summed E-state index contributed by atoms with van der Waals surface area (Å²) >= 11 is 2.75. The highest BCUT2D eigenvalue weighted by atomic mass is 32.2. The topological polar surface area (TPSA) is 81.4 Å². The van der Waals surface area contributed by atoms with Gasteiger partial charge in [-0.3, -0.25) is 9.69 Å². The van der Waals surface area contributed by atoms with Gasteiger partial charge in [-0.15, -0.1) is 10.2 Å². The van der Waals surface area contributed by atoms with Crippen LogP contribution in [0.1, 0.15) is 12.8 Å². The molecule has 0 N–H and O–H groups in total. The number of amides is 1. The van der Waals surface area contributed by atoms with Crippen molar-refractivity contribution in [2.75, 3.05) is 23.8 Å². The van der Waals surface area contributed by atoms with E-state index in [1.54, 1.807) is 4.90 Å². The molecule has 1 aliphatic rings. The Morgan fingerprint density at radius 3 is 2.77 bits per heavy atom. The molecule has 158 valence electrons. The van der Waals surface area contributed by atoms with Crippen molar-refractivity contribution < 1.29 is 13.9 Å². The molecule has 31 heavy (non-hydrogen) atoms. The number of carbonyl (C=O) groups excluding carboxylic acids is 1. The Balaban J connectivity index is 1.31. The predicted molar refractivity (Wildman–Crippen MR) is 121 cm³/mol. The van der Waals surface area contributed by atoms with E-state index in [-0.39, 0.29) is 17.8 Å². The van der Waals surface area contributed by atoms with Gasteiger partial charge in [0.15, 0.2) is 5.13 Å². The molecule has 4 aromatic rings. The summed E-state index contributed by atoms with van der Waals surface area (Å²) < 4.78 is 12.6. The maximum atomic E-state index is 13.2. The molecular weight excluding hydrogens is 432 g/mol. The van der Waals surface area contributed by atoms with Crippen LogP contribution in [-0.4, -0.2) is 46.1 Å². The third-order valence-electron chi connectivity index (χ3n) is 4.97. The maximum Gasteiger partial charge on any atom is 0.277 e. The zero-order valence-electron chi connectivity index (χ0n) is 16.6. The maximum absolute atomic E-state index is 13.2. The zero-order valence-corrected chi connectivity index (χ0v) is 18.3. The van der Waals surface area contributed by atoms with E-state index in [1.165, 1.54) is 23.1 Å². The van der Waals surface area contributed by atoms with Crippen molar-refractivity contribution in [3.63, 3.8) is 0 Å². The summed E-state index contributed by atoms with van der Waals surface area (Å²) in [6.07, 6.45) is 2.01. The molecule has 2 aromatic carbocycles. The number of hydrogen-bond acceptors (Lipinski definition) is 8. The Morgan fingerprint density at radius 2 is 1.97 bits per heavy atom. The first-order valence-electron chi connectivity index (χ1n) is 10.1. The molecule has 0 aliphatic carbocycles. The lowest BCUT2D eigenvalue weighted by Crippen LogP contribution is -2.38. The van der Waals surface area contributed by atoms with E-state index < -0.39 is 0 Å². The van der Waals surface area contributed by atoms with Crippen molar-refractivity contribution in [2.24, 2.45) is 0 Å². The van der Waals surface area contributed by atoms with Crippen LogP contribution in [-0.2, 0) is 9.53 Å². The molecule has 0 radical (unpaired) electrons. The van der Waals surface area contributed by atoms with Crippen molar-refractivity contribution in [1.82, 2.24) is 15.2 Å². The largest absolute Gasteiger partial charge is 0.411 e. The minimum Gasteiger partial charge on any atom is -0.411 e. The quantitative estimate of drug-likeness (QED) is 0.378. The van der Waals surface area contributed by atoms with Gasteiger partial charge in [-0.2, -0.15) is 0 Å². The average Bonchev–Trinajstić information content (AvgIpc) is 3.57. The number of ether oxygens (including phenoxy) is 1. The second-order valence-corrected chi connectivity index (χ2v) is 9.07. The van der Waals surface area contributed by atoms with Crippen LogP contribution >= 0.6 is 23.1 Å². The molecule has 1 atom stereocenters. The number of anilines is 1. The molecule has 3 heterocycles. The number of thioether (sulfide) groups is 1. The molecule has 1 saturated heterocycles. The Labute approximate surface area is 187 Å². The number of nitrogens with zero attached hydrogens (tertiary/aromatic N) is 4. The molecular formula is C22H20N4O3S2. The van der Waals surface area contributed by atoms with E-state index in [4.69, 9.17) is 9.15 Å². The molecule has 1 fully saturated rings. The first-order chi connectivity index (χ1) is 15.3. The van der Waals surface area contributed by atoms with Crippen LogP contribution in [0.5, 0.6) is 0 Å². The van der Waals surface area contributed by atoms with Gasteiger partial charge in [0, 0.05) is 12.2 Å². The zero-order chi connectivity index (χ0) is 21.0. The number of para-hydroxylation sites is 1. The van der Waals surface area contributed by atoms with Crippen molar-refractivity contribution in [3.05, 3.63) is 54.6 Å². The third-order valence-corrected chi connectivity index (χ3v) is 6.83. The highest BCUT2D eigenvalue weighted by molar-refractivity contribution is 7.99. The minimum absolute atomic E-state index is 0.0362. The number of aromatic nitrogens is 3. The van der Waals surface area contributed by atoms with Crippen LogP contribution in [0.4, 0.5) is 5.13 Å². The standard InChI is InChI=1S/C22H20N4O3S2/c27-19(14-30-22-25-24-20(29-22)15-7-2-1-3-8-15)26(13-16-9-6-12-28-16)21-23-17-10-4-5-11-18(17)31-21/h1-5,7-8,10-11,16H,6,9,12-14H2/t16-/m0/s1. The molecule has 7 nitrogen and oxygen atoms in total. The molecule has 2 aromatic heterocycles. The monoisotopic (exact) mass is 452 g/mol. The van der Waals surface area contributed by atoms with E-state index >= 15 is 0 Å². The summed E-state index contributed by atoms with van der Waals surface area (Å²) in [5.74, 6) is 0.566. The number of fused-ring (bicyclic) bond motifs is 1. The molecule has 5 rings (SSSR count). The number of thiazole rings is 1. The second-order valence-electron chi connectivity index (χ2n) is 7.13. The van der Waals surface area contributed by atoms with Crippen LogP contribution in [0.2, 0.25) is 0 Å². The van der Waals surface area contributed by atoms with E-state index in [1.807, 2.05) is 54.6 Å². The lowest BCUT2D eigenvalue weighted by Gasteiger charge is -2.22. The first kappa shape index (κ1) is 20.2. The lowest BCUT2D eigenvalue weighted by atomic mass is 10.2. The van der Waals surface area contributed by atoms with E-state index in [0.29, 0.717) is 22.8 Å². The molecule has 0 saturated carbocycles. The van der Waals surface area contributed by atoms with Crippen LogP contribution in [0.25, 0.3) is 21.7 Å². The minimum atomic E-state index is -0.0565. The van der Waals surface area contributed by atoms with Gasteiger partial charge in [-0.25, -0.2) is 4.98 Å². The van der Waals surface area contributed by atoms with Gasteiger partial charge in [0.2, 0.25) is 11.8 Å². The smallest absolute Gasteiger partial charge is 0.277 e. The van der Waals surface area contributed by atoms with E-state index in [2.05, 4.69) is 15.2 Å². The van der Waals surface area contributed by atoms with E-state index in [9.17, 15) is 4.79 Å². The Kier molecular flexibility index (Phi) is 5.97. The van der Waals surface area contributed by atoms with Gasteiger partial charge in [-0.05, 0) is 37.1 Å². The van der Waals surface area contributed by atoms with Gasteiger partial charge < -0.3 is 9.15 Å². The van der Waals surface area contributed by atoms with Crippen molar-refractivity contribution in [3.8, 4) is 11.5 Å². The molecule has 0 bridgehead atoms. The Bertz CT molecular complexity index is 1140. The predicted octanol–water partition coefficient (Wildman–Crippen LogP) is 4.65. The van der Waals surface area contributed by atoms with Crippen LogP contribution in [0, 0.1) is 0 Å². The fraction of sp³-hybridized carbons (Fsp3) is 0.273. The van der Waals surface area contributed by atoms with E-state index in [0.717, 1.165) is 35.2 Å². The summed E-state index contributed by atoms with van der Waals surface area (Å²) in [4.78, 5) is 19.6. The molecule has 1 aliphatic heterocycles. The fourth-order valence-corrected chi connectivity index (χ4v) is 5.05. The Morgan fingerprint density at radius 1 is 1.13 bits per heavy atom. The molecule has 0 spiro atoms. The van der Waals surface area contributed by atoms with Gasteiger partial charge in [-0.1, -0.05) is 53.4 Å². The summed E-state index contributed by atoms with van der Waals surface area (Å²) in [7, 11) is 0. The average molecular weight is 453 g/mol. The lowest BCUT2D eigenvalue weighted by molar-refractivity contribution is -0.116. The fourth-order valence-electron chi connectivity index (χ4n) is 3.42. The number of benzene rings is 2. The Hall–Kier alpha value is -2.75. The second kappa shape index (κ2) is 9.17. The SMILES string of the molecule is O=C(CSc1nnc(-c2ccccc2)o1)N(C[C@@H]1CCCO1)c1nc2ccccc2s1. The first-order valence-corrected chi connectivity index (χ1v) is 11.9. The van der Waals surface area contributed by atoms with Gasteiger partial charge in [0.1, 0.15) is 0 Å². The molecule has 1 amide bonds. The normalized spacial score (nSPS) is 16.1. The number of rotatable bonds is 7. The summed E-state index contributed by atoms with van der Waals surface area (Å²) in [5, 5.41) is 9.22. The van der Waals surface area contributed by atoms with Gasteiger partial charge in [0.25, 0.3) is 5.22 Å². The summed E-state index contributed by atoms with van der Waals surface area (Å²) in [6, 6.07) is 17.5. The van der Waals surface area contributed by atoms with Crippen molar-refractivity contribution in [1.29, 1.82) is 0 Å². The number of carbonyl (C=O) groups is 1. The summed E-state index contributed by atoms with van der Waals surface area (Å²) in [6.45, 7) is 1.24. The third kappa shape index (κ3) is 4.63. The highest BCUT2D eigenvalue weighted by Crippen LogP contribution is 2.31. The van der Waals surface area contributed by atoms with Gasteiger partial charge >= 0.3 is 0 Å². The highest BCUT2D eigenvalue weighted by Gasteiger charge is 2.26. The molecule has 9 heteroatoms. The van der Waals surface area contributed by atoms with Crippen molar-refractivity contribution >= 4 is 44.4 Å². The van der Waals surface area contributed by atoms with Crippen LogP contribution in [0.3, 0.4) is 0 Å².